The fourth-order valence-corrected chi connectivity index (χ4v) is 3.47. The van der Waals surface area contributed by atoms with Crippen molar-refractivity contribution < 1.29 is 18.7 Å². The van der Waals surface area contributed by atoms with Crippen molar-refractivity contribution in [2.45, 2.75) is 19.6 Å². The molecule has 1 aromatic heterocycles. The van der Waals surface area contributed by atoms with E-state index in [1.807, 2.05) is 0 Å². The highest BCUT2D eigenvalue weighted by atomic mass is 19.1. The molecule has 4 rings (SSSR count). The number of ether oxygens (including phenoxy) is 1. The molecule has 1 aliphatic heterocycles. The van der Waals surface area contributed by atoms with Crippen LogP contribution in [0.1, 0.15) is 45.1 Å². The Morgan fingerprint density at radius 2 is 1.90 bits per heavy atom. The molecular formula is C23H20FN3O3. The summed E-state index contributed by atoms with van der Waals surface area (Å²) in [5.74, 6) is -0.973. The maximum atomic E-state index is 13.3. The molecule has 6 nitrogen and oxygen atoms in total. The number of amides is 1. The third-order valence-electron chi connectivity index (χ3n) is 4.88. The van der Waals surface area contributed by atoms with Crippen molar-refractivity contribution in [1.29, 1.82) is 0 Å². The molecule has 0 aliphatic carbocycles. The monoisotopic (exact) mass is 405 g/mol. The number of hydrogen-bond donors (Lipinski definition) is 1. The van der Waals surface area contributed by atoms with Crippen LogP contribution in [0, 0.1) is 5.82 Å². The lowest BCUT2D eigenvalue weighted by Crippen LogP contribution is -2.32. The van der Waals surface area contributed by atoms with E-state index in [1.165, 1.54) is 12.1 Å². The Morgan fingerprint density at radius 3 is 2.67 bits per heavy atom. The summed E-state index contributed by atoms with van der Waals surface area (Å²) in [6.45, 7) is 2.26. The van der Waals surface area contributed by atoms with Crippen LogP contribution in [0.25, 0.3) is 0 Å². The molecule has 0 saturated carbocycles. The lowest BCUT2D eigenvalue weighted by Gasteiger charge is -2.27. The molecule has 0 spiro atoms. The summed E-state index contributed by atoms with van der Waals surface area (Å²) >= 11 is 0. The molecule has 0 bridgehead atoms. The van der Waals surface area contributed by atoms with Gasteiger partial charge in [0.1, 0.15) is 12.0 Å². The summed E-state index contributed by atoms with van der Waals surface area (Å²) in [4.78, 5) is 31.5. The quantitative estimate of drug-likeness (QED) is 0.624. The number of carbonyl (C=O) groups is 2. The third-order valence-corrected chi connectivity index (χ3v) is 4.88. The first-order chi connectivity index (χ1) is 14.6. The van der Waals surface area contributed by atoms with Crippen molar-refractivity contribution in [3.8, 4) is 0 Å². The van der Waals surface area contributed by atoms with E-state index in [9.17, 15) is 14.0 Å². The van der Waals surface area contributed by atoms with Gasteiger partial charge in [0.05, 0.1) is 29.1 Å². The lowest BCUT2D eigenvalue weighted by atomic mass is 10.1. The second kappa shape index (κ2) is 8.32. The van der Waals surface area contributed by atoms with Crippen molar-refractivity contribution in [3.05, 3.63) is 95.1 Å². The summed E-state index contributed by atoms with van der Waals surface area (Å²) in [7, 11) is 0. The number of aromatic nitrogens is 1. The van der Waals surface area contributed by atoms with Crippen LogP contribution >= 0.6 is 0 Å². The Hall–Kier alpha value is -3.74. The molecule has 0 radical (unpaired) electrons. The Kier molecular flexibility index (Phi) is 5.43. The molecule has 3 aromatic rings. The van der Waals surface area contributed by atoms with E-state index in [-0.39, 0.29) is 24.9 Å². The van der Waals surface area contributed by atoms with Crippen LogP contribution in [-0.2, 0) is 11.3 Å². The number of fused-ring (bicyclic) bond motifs is 1. The highest BCUT2D eigenvalue weighted by molar-refractivity contribution is 6.00. The predicted molar refractivity (Wildman–Crippen MR) is 109 cm³/mol. The van der Waals surface area contributed by atoms with Crippen LogP contribution in [0.4, 0.5) is 10.1 Å². The predicted octanol–water partition coefficient (Wildman–Crippen LogP) is 4.16. The number of pyridine rings is 1. The highest BCUT2D eigenvalue weighted by Crippen LogP contribution is 2.35. The standard InChI is InChI=1S/C23H20FN3O3/c1-2-30-23(29)17-6-3-4-8-19(17)26-21-20-18(7-5-13-25-20)22(28)27(21)14-15-9-11-16(24)12-10-15/h3-13,21,26H,2,14H2,1H3/t21-/m1/s1. The van der Waals surface area contributed by atoms with Crippen molar-refractivity contribution in [2.75, 3.05) is 11.9 Å². The molecule has 1 atom stereocenters. The second-order valence-electron chi connectivity index (χ2n) is 6.81. The van der Waals surface area contributed by atoms with Gasteiger partial charge in [-0.15, -0.1) is 0 Å². The van der Waals surface area contributed by atoms with Crippen LogP contribution in [-0.4, -0.2) is 28.4 Å². The molecule has 0 fully saturated rings. The molecule has 152 valence electrons. The molecule has 2 aromatic carbocycles. The maximum absolute atomic E-state index is 13.3. The molecule has 7 heteroatoms. The number of rotatable bonds is 6. The van der Waals surface area contributed by atoms with E-state index in [1.54, 1.807) is 66.6 Å². The number of nitrogens with one attached hydrogen (secondary N) is 1. The van der Waals surface area contributed by atoms with Gasteiger partial charge >= 0.3 is 5.97 Å². The molecule has 1 N–H and O–H groups in total. The first-order valence-corrected chi connectivity index (χ1v) is 9.61. The first kappa shape index (κ1) is 19.6. The van der Waals surface area contributed by atoms with Crippen LogP contribution in [0.2, 0.25) is 0 Å². The minimum Gasteiger partial charge on any atom is -0.462 e. The van der Waals surface area contributed by atoms with E-state index in [0.717, 1.165) is 5.56 Å². The fraction of sp³-hybridized carbons (Fsp3) is 0.174. The first-order valence-electron chi connectivity index (χ1n) is 9.61. The smallest absolute Gasteiger partial charge is 0.340 e. The molecule has 1 aliphatic rings. The summed E-state index contributed by atoms with van der Waals surface area (Å²) in [6.07, 6.45) is 1.04. The third kappa shape index (κ3) is 3.74. The lowest BCUT2D eigenvalue weighted by molar-refractivity contribution is 0.0527. The fourth-order valence-electron chi connectivity index (χ4n) is 3.47. The number of halogens is 1. The minimum atomic E-state index is -0.589. The van der Waals surface area contributed by atoms with Gasteiger partial charge in [0.15, 0.2) is 0 Å². The van der Waals surface area contributed by atoms with Gasteiger partial charge in [-0.25, -0.2) is 9.18 Å². The highest BCUT2D eigenvalue weighted by Gasteiger charge is 2.38. The average molecular weight is 405 g/mol. The number of para-hydroxylation sites is 1. The Bertz CT molecular complexity index is 1090. The largest absolute Gasteiger partial charge is 0.462 e. The zero-order valence-corrected chi connectivity index (χ0v) is 16.3. The Morgan fingerprint density at radius 1 is 1.13 bits per heavy atom. The Balaban J connectivity index is 1.69. The van der Waals surface area contributed by atoms with E-state index in [0.29, 0.717) is 22.5 Å². The number of hydrogen-bond acceptors (Lipinski definition) is 5. The molecule has 0 unspecified atom stereocenters. The number of esters is 1. The van der Waals surface area contributed by atoms with E-state index >= 15 is 0 Å². The van der Waals surface area contributed by atoms with Gasteiger partial charge < -0.3 is 15.0 Å². The van der Waals surface area contributed by atoms with Crippen molar-refractivity contribution in [1.82, 2.24) is 9.88 Å². The van der Waals surface area contributed by atoms with Crippen LogP contribution in [0.5, 0.6) is 0 Å². The number of carbonyl (C=O) groups excluding carboxylic acids is 2. The number of anilines is 1. The van der Waals surface area contributed by atoms with Crippen molar-refractivity contribution in [3.63, 3.8) is 0 Å². The van der Waals surface area contributed by atoms with Gasteiger partial charge in [0.2, 0.25) is 0 Å². The molecule has 30 heavy (non-hydrogen) atoms. The zero-order valence-electron chi connectivity index (χ0n) is 16.3. The summed E-state index contributed by atoms with van der Waals surface area (Å²) in [6, 6.07) is 16.4. The van der Waals surface area contributed by atoms with Gasteiger partial charge in [-0.3, -0.25) is 9.78 Å². The van der Waals surface area contributed by atoms with E-state index < -0.39 is 12.1 Å². The van der Waals surface area contributed by atoms with Crippen LogP contribution in [0.3, 0.4) is 0 Å². The Labute approximate surface area is 173 Å². The van der Waals surface area contributed by atoms with Gasteiger partial charge in [-0.2, -0.15) is 0 Å². The van der Waals surface area contributed by atoms with Crippen molar-refractivity contribution >= 4 is 17.6 Å². The summed E-state index contributed by atoms with van der Waals surface area (Å²) in [5, 5.41) is 3.28. The van der Waals surface area contributed by atoms with Crippen LogP contribution in [0.15, 0.2) is 66.9 Å². The average Bonchev–Trinajstić information content (AvgIpc) is 3.02. The van der Waals surface area contributed by atoms with Crippen molar-refractivity contribution in [2.24, 2.45) is 0 Å². The number of nitrogens with zero attached hydrogens (tertiary/aromatic N) is 2. The minimum absolute atomic E-state index is 0.187. The zero-order chi connectivity index (χ0) is 21.1. The number of benzene rings is 2. The van der Waals surface area contributed by atoms with E-state index in [2.05, 4.69) is 10.3 Å². The van der Waals surface area contributed by atoms with Gasteiger partial charge in [0.25, 0.3) is 5.91 Å². The van der Waals surface area contributed by atoms with Gasteiger partial charge in [-0.05, 0) is 48.9 Å². The van der Waals surface area contributed by atoms with Gasteiger partial charge in [0, 0.05) is 12.7 Å². The molecule has 0 saturated heterocycles. The molecule has 2 heterocycles. The van der Waals surface area contributed by atoms with Crippen LogP contribution < -0.4 is 5.32 Å². The molecule has 1 amide bonds. The molecular weight excluding hydrogens is 385 g/mol. The van der Waals surface area contributed by atoms with Gasteiger partial charge in [-0.1, -0.05) is 24.3 Å². The summed E-state index contributed by atoms with van der Waals surface area (Å²) < 4.78 is 18.4. The summed E-state index contributed by atoms with van der Waals surface area (Å²) in [5.41, 5.74) is 2.76. The van der Waals surface area contributed by atoms with E-state index in [4.69, 9.17) is 4.74 Å². The second-order valence-corrected chi connectivity index (χ2v) is 6.81. The normalized spacial score (nSPS) is 15.1. The topological polar surface area (TPSA) is 71.5 Å². The SMILES string of the molecule is CCOC(=O)c1ccccc1N[C@H]1c2ncccc2C(=O)N1Cc1ccc(F)cc1. The maximum Gasteiger partial charge on any atom is 0.340 e.